The van der Waals surface area contributed by atoms with Crippen LogP contribution >= 0.6 is 0 Å². The molecule has 1 aromatic heterocycles. The predicted octanol–water partition coefficient (Wildman–Crippen LogP) is 2.15. The quantitative estimate of drug-likeness (QED) is 0.723. The zero-order valence-corrected chi connectivity index (χ0v) is 13.5. The molecule has 6 heteroatoms. The van der Waals surface area contributed by atoms with Gasteiger partial charge >= 0.3 is 0 Å². The summed E-state index contributed by atoms with van der Waals surface area (Å²) in [6, 6.07) is 2.47. The van der Waals surface area contributed by atoms with Gasteiger partial charge in [0.15, 0.2) is 0 Å². The fourth-order valence-electron chi connectivity index (χ4n) is 2.68. The Kier molecular flexibility index (Phi) is 4.38. The number of aromatic nitrogens is 1. The van der Waals surface area contributed by atoms with Gasteiger partial charge in [0.1, 0.15) is 0 Å². The summed E-state index contributed by atoms with van der Waals surface area (Å²) in [5, 5.41) is 3.37. The summed E-state index contributed by atoms with van der Waals surface area (Å²) < 4.78 is 29.8. The minimum Gasteiger partial charge on any atom is -0.346 e. The summed E-state index contributed by atoms with van der Waals surface area (Å²) in [5.41, 5.74) is 1.08. The highest BCUT2D eigenvalue weighted by molar-refractivity contribution is 7.89. The van der Waals surface area contributed by atoms with E-state index < -0.39 is 10.0 Å². The lowest BCUT2D eigenvalue weighted by Gasteiger charge is -2.25. The van der Waals surface area contributed by atoms with Gasteiger partial charge in [0.2, 0.25) is 10.0 Å². The molecule has 0 atom stereocenters. The van der Waals surface area contributed by atoms with Crippen LogP contribution in [0.4, 0.5) is 0 Å². The second-order valence-electron chi connectivity index (χ2n) is 6.23. The molecule has 0 aromatic carbocycles. The van der Waals surface area contributed by atoms with E-state index in [0.717, 1.165) is 57.3 Å². The minimum atomic E-state index is -3.36. The van der Waals surface area contributed by atoms with E-state index in [2.05, 4.69) is 21.5 Å². The summed E-state index contributed by atoms with van der Waals surface area (Å²) in [5.74, 6) is 0. The lowest BCUT2D eigenvalue weighted by Crippen LogP contribution is -2.39. The van der Waals surface area contributed by atoms with Crippen molar-refractivity contribution in [2.75, 3.05) is 6.54 Å². The van der Waals surface area contributed by atoms with Gasteiger partial charge in [-0.25, -0.2) is 13.1 Å². The van der Waals surface area contributed by atoms with Crippen molar-refractivity contribution in [2.45, 2.75) is 69.0 Å². The van der Waals surface area contributed by atoms with Crippen molar-refractivity contribution in [2.24, 2.45) is 0 Å². The summed E-state index contributed by atoms with van der Waals surface area (Å²) >= 11 is 0. The zero-order chi connectivity index (χ0) is 14.9. The first kappa shape index (κ1) is 15.1. The van der Waals surface area contributed by atoms with E-state index in [9.17, 15) is 8.42 Å². The summed E-state index contributed by atoms with van der Waals surface area (Å²) in [6.07, 6.45) is 8.28. The van der Waals surface area contributed by atoms with Crippen LogP contribution in [0.2, 0.25) is 0 Å². The normalized spacial score (nSPS) is 19.7. The molecular weight excluding hydrogens is 286 g/mol. The second kappa shape index (κ2) is 6.10. The summed E-state index contributed by atoms with van der Waals surface area (Å²) in [7, 11) is -3.36. The van der Waals surface area contributed by atoms with Crippen molar-refractivity contribution in [3.63, 3.8) is 0 Å². The number of rotatable bonds is 8. The Morgan fingerprint density at radius 2 is 2.05 bits per heavy atom. The van der Waals surface area contributed by atoms with Crippen LogP contribution in [0.1, 0.15) is 57.2 Å². The number of hydrogen-bond donors (Lipinski definition) is 2. The molecule has 0 saturated heterocycles. The molecular formula is C15H25N3O2S. The Morgan fingerprint density at radius 1 is 1.29 bits per heavy atom. The van der Waals surface area contributed by atoms with Gasteiger partial charge in [0.25, 0.3) is 0 Å². The van der Waals surface area contributed by atoms with E-state index in [1.54, 1.807) is 0 Å². The average Bonchev–Trinajstić information content (AvgIpc) is 3.15. The largest absolute Gasteiger partial charge is 0.346 e. The van der Waals surface area contributed by atoms with E-state index >= 15 is 0 Å². The van der Waals surface area contributed by atoms with Crippen LogP contribution in [0, 0.1) is 0 Å². The second-order valence-corrected chi connectivity index (χ2v) is 7.95. The molecule has 3 rings (SSSR count). The molecule has 2 saturated carbocycles. The Morgan fingerprint density at radius 3 is 2.62 bits per heavy atom. The Hall–Kier alpha value is -0.850. The molecule has 0 amide bonds. The standard InChI is InChI=1S/C15H25N3O2S/c1-2-8-16-10-14-9-15(11-18(14)13-6-7-13)21(19,20)17-12-4-3-5-12/h9,11-13,16-17H,2-8,10H2,1H3. The fraction of sp³-hybridized carbons (Fsp3) is 0.733. The third-order valence-electron chi connectivity index (χ3n) is 4.32. The third-order valence-corrected chi connectivity index (χ3v) is 5.80. The molecule has 2 aliphatic carbocycles. The first-order valence-electron chi connectivity index (χ1n) is 8.04. The van der Waals surface area contributed by atoms with Crippen LogP contribution in [0.15, 0.2) is 17.2 Å². The number of hydrogen-bond acceptors (Lipinski definition) is 3. The molecule has 2 aliphatic rings. The fourth-order valence-corrected chi connectivity index (χ4v) is 4.04. The van der Waals surface area contributed by atoms with Crippen LogP contribution in [0.25, 0.3) is 0 Å². The van der Waals surface area contributed by atoms with E-state index in [1.165, 1.54) is 0 Å². The lowest BCUT2D eigenvalue weighted by atomic mass is 9.94. The smallest absolute Gasteiger partial charge is 0.242 e. The molecule has 0 spiro atoms. The molecule has 2 fully saturated rings. The molecule has 0 radical (unpaired) electrons. The topological polar surface area (TPSA) is 63.1 Å². The SMILES string of the molecule is CCCNCc1cc(S(=O)(=O)NC2CCC2)cn1C1CC1. The van der Waals surface area contributed by atoms with E-state index in [-0.39, 0.29) is 6.04 Å². The third kappa shape index (κ3) is 3.49. The monoisotopic (exact) mass is 311 g/mol. The van der Waals surface area contributed by atoms with Crippen molar-refractivity contribution in [3.05, 3.63) is 18.0 Å². The van der Waals surface area contributed by atoms with E-state index in [0.29, 0.717) is 10.9 Å². The van der Waals surface area contributed by atoms with Crippen LogP contribution in [-0.4, -0.2) is 25.6 Å². The van der Waals surface area contributed by atoms with Gasteiger partial charge in [-0.05, 0) is 44.7 Å². The molecule has 21 heavy (non-hydrogen) atoms. The highest BCUT2D eigenvalue weighted by atomic mass is 32.2. The Balaban J connectivity index is 1.76. The Bertz CT molecular complexity index is 586. The van der Waals surface area contributed by atoms with Crippen LogP contribution in [-0.2, 0) is 16.6 Å². The maximum atomic E-state index is 12.4. The first-order valence-corrected chi connectivity index (χ1v) is 9.52. The van der Waals surface area contributed by atoms with Crippen LogP contribution in [0.3, 0.4) is 0 Å². The highest BCUT2D eigenvalue weighted by Crippen LogP contribution is 2.37. The van der Waals surface area contributed by atoms with E-state index in [4.69, 9.17) is 0 Å². The summed E-state index contributed by atoms with van der Waals surface area (Å²) in [4.78, 5) is 0.426. The molecule has 1 aromatic rings. The van der Waals surface area contributed by atoms with Crippen molar-refractivity contribution in [3.8, 4) is 0 Å². The number of sulfonamides is 1. The summed E-state index contributed by atoms with van der Waals surface area (Å²) in [6.45, 7) is 3.83. The minimum absolute atomic E-state index is 0.140. The highest BCUT2D eigenvalue weighted by Gasteiger charge is 2.30. The van der Waals surface area contributed by atoms with Gasteiger partial charge in [-0.1, -0.05) is 13.3 Å². The predicted molar refractivity (Wildman–Crippen MR) is 82.7 cm³/mol. The van der Waals surface area contributed by atoms with Gasteiger partial charge < -0.3 is 9.88 Å². The van der Waals surface area contributed by atoms with Crippen molar-refractivity contribution in [1.82, 2.24) is 14.6 Å². The molecule has 0 aliphatic heterocycles. The van der Waals surface area contributed by atoms with Crippen LogP contribution in [0.5, 0.6) is 0 Å². The van der Waals surface area contributed by atoms with Gasteiger partial charge in [0.05, 0.1) is 4.90 Å². The van der Waals surface area contributed by atoms with Crippen molar-refractivity contribution < 1.29 is 8.42 Å². The first-order chi connectivity index (χ1) is 10.1. The van der Waals surface area contributed by atoms with E-state index in [1.807, 2.05) is 12.3 Å². The van der Waals surface area contributed by atoms with Gasteiger partial charge in [-0.2, -0.15) is 0 Å². The van der Waals surface area contributed by atoms with Crippen molar-refractivity contribution in [1.29, 1.82) is 0 Å². The van der Waals surface area contributed by atoms with Gasteiger partial charge in [-0.15, -0.1) is 0 Å². The molecule has 1 heterocycles. The molecule has 2 N–H and O–H groups in total. The van der Waals surface area contributed by atoms with Crippen molar-refractivity contribution >= 4 is 10.0 Å². The molecule has 5 nitrogen and oxygen atoms in total. The zero-order valence-electron chi connectivity index (χ0n) is 12.6. The average molecular weight is 311 g/mol. The maximum absolute atomic E-state index is 12.4. The maximum Gasteiger partial charge on any atom is 0.242 e. The van der Waals surface area contributed by atoms with Crippen LogP contribution < -0.4 is 10.0 Å². The number of nitrogens with one attached hydrogen (secondary N) is 2. The number of nitrogens with zero attached hydrogens (tertiary/aromatic N) is 1. The molecule has 0 unspecified atom stereocenters. The molecule has 0 bridgehead atoms. The lowest BCUT2D eigenvalue weighted by molar-refractivity contribution is 0.383. The molecule has 118 valence electrons. The Labute approximate surface area is 127 Å². The van der Waals surface area contributed by atoms with Gasteiger partial charge in [0, 0.05) is 30.5 Å². The van der Waals surface area contributed by atoms with Gasteiger partial charge in [-0.3, -0.25) is 0 Å².